The number of halogens is 1. The highest BCUT2D eigenvalue weighted by Gasteiger charge is 2.05. The molecule has 0 aromatic carbocycles. The van der Waals surface area contributed by atoms with Crippen LogP contribution < -0.4 is 0 Å². The summed E-state index contributed by atoms with van der Waals surface area (Å²) in [6, 6.07) is 0.521. The lowest BCUT2D eigenvalue weighted by molar-refractivity contribution is 0.269. The average Bonchev–Trinajstić information content (AvgIpc) is 2.21. The zero-order chi connectivity index (χ0) is 10.8. The molecular weight excluding hydrogens is 194 g/mol. The molecule has 0 rings (SSSR count). The van der Waals surface area contributed by atoms with Gasteiger partial charge in [0.15, 0.2) is 0 Å². The van der Waals surface area contributed by atoms with Crippen molar-refractivity contribution in [2.75, 3.05) is 19.5 Å². The van der Waals surface area contributed by atoms with E-state index < -0.39 is 0 Å². The van der Waals surface area contributed by atoms with Gasteiger partial charge in [-0.15, -0.1) is 11.6 Å². The highest BCUT2D eigenvalue weighted by atomic mass is 35.5. The Kier molecular flexibility index (Phi) is 9.97. The maximum atomic E-state index is 5.79. The van der Waals surface area contributed by atoms with Gasteiger partial charge in [0.1, 0.15) is 0 Å². The van der Waals surface area contributed by atoms with E-state index in [-0.39, 0.29) is 0 Å². The normalized spacial score (nSPS) is 13.5. The van der Waals surface area contributed by atoms with Crippen LogP contribution in [0.25, 0.3) is 0 Å². The van der Waals surface area contributed by atoms with Crippen molar-refractivity contribution < 1.29 is 0 Å². The van der Waals surface area contributed by atoms with Crippen molar-refractivity contribution in [2.24, 2.45) is 0 Å². The quantitative estimate of drug-likeness (QED) is 0.420. The molecule has 0 aromatic rings. The lowest BCUT2D eigenvalue weighted by Gasteiger charge is -2.22. The van der Waals surface area contributed by atoms with Crippen LogP contribution in [-0.2, 0) is 0 Å². The second-order valence-electron chi connectivity index (χ2n) is 4.25. The summed E-state index contributed by atoms with van der Waals surface area (Å²) in [5, 5.41) is 0. The summed E-state index contributed by atoms with van der Waals surface area (Å²) in [5.41, 5.74) is 0. The minimum Gasteiger partial charge on any atom is -0.303 e. The van der Waals surface area contributed by atoms with Gasteiger partial charge < -0.3 is 4.90 Å². The predicted octanol–water partition coefficient (Wildman–Crippen LogP) is 3.91. The van der Waals surface area contributed by atoms with Gasteiger partial charge in [0.2, 0.25) is 0 Å². The van der Waals surface area contributed by atoms with Gasteiger partial charge in [0, 0.05) is 11.9 Å². The maximum Gasteiger partial charge on any atom is 0.0376 e. The van der Waals surface area contributed by atoms with Crippen molar-refractivity contribution in [3.05, 3.63) is 0 Å². The van der Waals surface area contributed by atoms with Crippen molar-refractivity contribution in [3.8, 4) is 0 Å². The first-order valence-corrected chi connectivity index (χ1v) is 6.52. The Morgan fingerprint density at radius 2 is 1.64 bits per heavy atom. The summed E-state index contributed by atoms with van der Waals surface area (Å²) in [4.78, 5) is 2.35. The molecule has 0 saturated heterocycles. The molecule has 0 bridgehead atoms. The molecule has 1 unspecified atom stereocenters. The van der Waals surface area contributed by atoms with Crippen LogP contribution in [0.5, 0.6) is 0 Å². The molecule has 1 nitrogen and oxygen atoms in total. The van der Waals surface area contributed by atoms with Gasteiger partial charge in [-0.2, -0.15) is 0 Å². The maximum absolute atomic E-state index is 5.79. The largest absolute Gasteiger partial charge is 0.303 e. The van der Waals surface area contributed by atoms with Gasteiger partial charge in [-0.25, -0.2) is 0 Å². The van der Waals surface area contributed by atoms with Crippen LogP contribution in [-0.4, -0.2) is 30.4 Å². The van der Waals surface area contributed by atoms with E-state index in [1.165, 1.54) is 45.1 Å². The first-order chi connectivity index (χ1) is 6.72. The van der Waals surface area contributed by atoms with E-state index in [0.29, 0.717) is 6.04 Å². The third kappa shape index (κ3) is 7.64. The van der Waals surface area contributed by atoms with Crippen molar-refractivity contribution in [1.29, 1.82) is 0 Å². The summed E-state index contributed by atoms with van der Waals surface area (Å²) in [7, 11) is 2.17. The molecule has 86 valence electrons. The molecule has 14 heavy (non-hydrogen) atoms. The van der Waals surface area contributed by atoms with Crippen LogP contribution in [0.1, 0.15) is 52.4 Å². The lowest BCUT2D eigenvalue weighted by Crippen LogP contribution is -2.31. The van der Waals surface area contributed by atoms with E-state index in [0.717, 1.165) is 5.88 Å². The highest BCUT2D eigenvalue weighted by Crippen LogP contribution is 2.06. The molecule has 0 heterocycles. The molecule has 0 spiro atoms. The molecule has 0 N–H and O–H groups in total. The summed E-state index contributed by atoms with van der Waals surface area (Å²) >= 11 is 5.79. The predicted molar refractivity (Wildman–Crippen MR) is 66.2 cm³/mol. The Morgan fingerprint density at radius 3 is 2.21 bits per heavy atom. The van der Waals surface area contributed by atoms with E-state index in [4.69, 9.17) is 11.6 Å². The van der Waals surface area contributed by atoms with Gasteiger partial charge in [-0.1, -0.05) is 39.0 Å². The fourth-order valence-corrected chi connectivity index (χ4v) is 1.72. The molecule has 0 amide bonds. The minimum atomic E-state index is 0.521. The molecule has 1 atom stereocenters. The van der Waals surface area contributed by atoms with Gasteiger partial charge in [-0.3, -0.25) is 0 Å². The Labute approximate surface area is 94.8 Å². The number of rotatable bonds is 9. The van der Waals surface area contributed by atoms with E-state index in [1.54, 1.807) is 0 Å². The van der Waals surface area contributed by atoms with Crippen LogP contribution >= 0.6 is 11.6 Å². The van der Waals surface area contributed by atoms with Crippen LogP contribution in [0, 0.1) is 0 Å². The van der Waals surface area contributed by atoms with Crippen molar-refractivity contribution in [1.82, 2.24) is 4.90 Å². The number of nitrogens with zero attached hydrogens (tertiary/aromatic N) is 1. The Bertz CT molecular complexity index is 117. The van der Waals surface area contributed by atoms with Gasteiger partial charge >= 0.3 is 0 Å². The standard InChI is InChI=1S/C12H26ClN/c1-4-5-6-7-8-9-10-14(3)12(2)11-13/h12H,4-11H2,1-3H3. The van der Waals surface area contributed by atoms with Crippen LogP contribution in [0.4, 0.5) is 0 Å². The summed E-state index contributed by atoms with van der Waals surface area (Å²) in [5.74, 6) is 0.742. The van der Waals surface area contributed by atoms with E-state index in [2.05, 4.69) is 25.8 Å². The molecule has 0 aromatic heterocycles. The van der Waals surface area contributed by atoms with Crippen molar-refractivity contribution >= 4 is 11.6 Å². The van der Waals surface area contributed by atoms with Gasteiger partial charge in [-0.05, 0) is 26.9 Å². The van der Waals surface area contributed by atoms with Crippen molar-refractivity contribution in [2.45, 2.75) is 58.4 Å². The van der Waals surface area contributed by atoms with Crippen LogP contribution in [0.15, 0.2) is 0 Å². The van der Waals surface area contributed by atoms with Crippen LogP contribution in [0.2, 0.25) is 0 Å². The first-order valence-electron chi connectivity index (χ1n) is 5.98. The molecule has 0 aliphatic heterocycles. The topological polar surface area (TPSA) is 3.24 Å². The Morgan fingerprint density at radius 1 is 1.07 bits per heavy atom. The van der Waals surface area contributed by atoms with E-state index in [9.17, 15) is 0 Å². The third-order valence-electron chi connectivity index (χ3n) is 2.84. The fourth-order valence-electron chi connectivity index (χ4n) is 1.48. The SMILES string of the molecule is CCCCCCCCN(C)C(C)CCl. The molecule has 0 aliphatic carbocycles. The zero-order valence-electron chi connectivity index (χ0n) is 10.1. The molecular formula is C12H26ClN. The fraction of sp³-hybridized carbons (Fsp3) is 1.00. The second kappa shape index (κ2) is 9.79. The number of unbranched alkanes of at least 4 members (excludes halogenated alkanes) is 5. The van der Waals surface area contributed by atoms with E-state index >= 15 is 0 Å². The summed E-state index contributed by atoms with van der Waals surface area (Å²) in [6.45, 7) is 5.64. The molecule has 0 fully saturated rings. The first kappa shape index (κ1) is 14.2. The number of hydrogen-bond acceptors (Lipinski definition) is 1. The summed E-state index contributed by atoms with van der Waals surface area (Å²) < 4.78 is 0. The van der Waals surface area contributed by atoms with Gasteiger partial charge in [0.25, 0.3) is 0 Å². The highest BCUT2D eigenvalue weighted by molar-refractivity contribution is 6.18. The lowest BCUT2D eigenvalue weighted by atomic mass is 10.1. The van der Waals surface area contributed by atoms with Gasteiger partial charge in [0.05, 0.1) is 0 Å². The molecule has 0 aliphatic rings. The monoisotopic (exact) mass is 219 g/mol. The molecule has 0 radical (unpaired) electrons. The van der Waals surface area contributed by atoms with Crippen molar-refractivity contribution in [3.63, 3.8) is 0 Å². The summed E-state index contributed by atoms with van der Waals surface area (Å²) in [6.07, 6.45) is 8.24. The smallest absolute Gasteiger partial charge is 0.0376 e. The Balaban J connectivity index is 3.18. The number of alkyl halides is 1. The van der Waals surface area contributed by atoms with Crippen LogP contribution in [0.3, 0.4) is 0 Å². The molecule has 0 saturated carbocycles. The Hall–Kier alpha value is 0.250. The zero-order valence-corrected chi connectivity index (χ0v) is 10.8. The molecule has 2 heteroatoms. The second-order valence-corrected chi connectivity index (χ2v) is 4.56. The van der Waals surface area contributed by atoms with E-state index in [1.807, 2.05) is 0 Å². The minimum absolute atomic E-state index is 0.521. The number of hydrogen-bond donors (Lipinski definition) is 0. The average molecular weight is 220 g/mol. The third-order valence-corrected chi connectivity index (χ3v) is 3.29.